The topological polar surface area (TPSA) is 66.9 Å². The molecule has 1 spiro atoms. The molecule has 0 aromatic heterocycles. The van der Waals surface area contributed by atoms with E-state index < -0.39 is 11.5 Å². The molecule has 0 N–H and O–H groups in total. The first kappa shape index (κ1) is 21.8. The van der Waals surface area contributed by atoms with Crippen molar-refractivity contribution in [2.75, 3.05) is 0 Å². The number of hydrogen-bond donors (Lipinski definition) is 0. The average Bonchev–Trinajstić information content (AvgIpc) is 3.22. The second-order valence-corrected chi connectivity index (χ2v) is 8.77. The molecule has 0 unspecified atom stereocenters. The zero-order valence-corrected chi connectivity index (χ0v) is 18.7. The summed E-state index contributed by atoms with van der Waals surface area (Å²) in [5, 5.41) is 0. The summed E-state index contributed by atoms with van der Waals surface area (Å²) in [6.45, 7) is 5.97. The van der Waals surface area contributed by atoms with E-state index in [1.165, 1.54) is 4.90 Å². The minimum absolute atomic E-state index is 0.155. The highest BCUT2D eigenvalue weighted by Crippen LogP contribution is 2.46. The zero-order valence-electron chi connectivity index (χ0n) is 18.7. The van der Waals surface area contributed by atoms with Gasteiger partial charge in [0, 0.05) is 24.5 Å². The molecule has 1 saturated heterocycles. The highest BCUT2D eigenvalue weighted by Gasteiger charge is 2.62. The van der Waals surface area contributed by atoms with Gasteiger partial charge in [-0.25, -0.2) is 9.59 Å². The fourth-order valence-electron chi connectivity index (χ4n) is 4.62. The quantitative estimate of drug-likeness (QED) is 0.504. The van der Waals surface area contributed by atoms with Crippen LogP contribution in [-0.4, -0.2) is 39.4 Å². The summed E-state index contributed by atoms with van der Waals surface area (Å²) >= 11 is 0. The number of nitrogens with zero attached hydrogens (tertiary/aromatic N) is 2. The van der Waals surface area contributed by atoms with Crippen LogP contribution in [0.3, 0.4) is 0 Å². The van der Waals surface area contributed by atoms with Crippen molar-refractivity contribution in [1.29, 1.82) is 0 Å². The lowest BCUT2D eigenvalue weighted by molar-refractivity contribution is -0.143. The molecule has 2 aromatic carbocycles. The van der Waals surface area contributed by atoms with Gasteiger partial charge in [-0.3, -0.25) is 9.69 Å². The molecule has 1 fully saturated rings. The van der Waals surface area contributed by atoms with Gasteiger partial charge >= 0.3 is 12.0 Å². The van der Waals surface area contributed by atoms with Crippen LogP contribution in [0.4, 0.5) is 4.79 Å². The van der Waals surface area contributed by atoms with E-state index in [2.05, 4.69) is 0 Å². The highest BCUT2D eigenvalue weighted by atomic mass is 16.5. The smallest absolute Gasteiger partial charge is 0.334 e. The first-order chi connectivity index (χ1) is 15.3. The van der Waals surface area contributed by atoms with Gasteiger partial charge in [-0.15, -0.1) is 0 Å². The van der Waals surface area contributed by atoms with Crippen LogP contribution in [0.15, 0.2) is 72.3 Å². The molecule has 166 valence electrons. The Morgan fingerprint density at radius 3 is 2.12 bits per heavy atom. The van der Waals surface area contributed by atoms with Crippen LogP contribution in [0.2, 0.25) is 0 Å². The minimum atomic E-state index is -1.13. The van der Waals surface area contributed by atoms with E-state index in [4.69, 9.17) is 4.74 Å². The Bertz CT molecular complexity index is 1050. The summed E-state index contributed by atoms with van der Waals surface area (Å²) in [7, 11) is 0. The zero-order chi connectivity index (χ0) is 22.9. The SMILES string of the molecule is CC(C)OC(=O)C1=C[C@H](C)[C@]2(C1)C(=O)N(Cc1ccccc1)C(=O)N2Cc1ccccc1. The molecule has 6 nitrogen and oxygen atoms in total. The lowest BCUT2D eigenvalue weighted by atomic mass is 9.85. The molecule has 0 bridgehead atoms. The van der Waals surface area contributed by atoms with Crippen molar-refractivity contribution in [1.82, 2.24) is 9.80 Å². The summed E-state index contributed by atoms with van der Waals surface area (Å²) in [6, 6.07) is 18.7. The normalized spacial score (nSPS) is 22.8. The number of ether oxygens (including phenoxy) is 1. The van der Waals surface area contributed by atoms with Gasteiger partial charge in [-0.05, 0) is 25.0 Å². The maximum atomic E-state index is 13.8. The summed E-state index contributed by atoms with van der Waals surface area (Å²) in [4.78, 5) is 43.0. The van der Waals surface area contributed by atoms with Crippen LogP contribution in [0, 0.1) is 5.92 Å². The van der Waals surface area contributed by atoms with E-state index in [9.17, 15) is 14.4 Å². The van der Waals surface area contributed by atoms with Crippen LogP contribution in [-0.2, 0) is 27.4 Å². The lowest BCUT2D eigenvalue weighted by Crippen LogP contribution is -2.52. The number of carbonyl (C=O) groups is 3. The summed E-state index contributed by atoms with van der Waals surface area (Å²) in [6.07, 6.45) is 1.69. The van der Waals surface area contributed by atoms with Crippen LogP contribution < -0.4 is 0 Å². The van der Waals surface area contributed by atoms with Crippen molar-refractivity contribution in [3.05, 3.63) is 83.4 Å². The molecule has 4 rings (SSSR count). The lowest BCUT2D eigenvalue weighted by Gasteiger charge is -2.35. The van der Waals surface area contributed by atoms with E-state index in [0.717, 1.165) is 11.1 Å². The molecule has 0 radical (unpaired) electrons. The molecule has 32 heavy (non-hydrogen) atoms. The number of carbonyl (C=O) groups excluding carboxylic acids is 3. The molecule has 6 heteroatoms. The molecular formula is C26H28N2O4. The van der Waals surface area contributed by atoms with E-state index in [1.54, 1.807) is 24.8 Å². The number of amides is 3. The molecule has 1 heterocycles. The molecule has 0 saturated carbocycles. The Labute approximate surface area is 188 Å². The standard InChI is InChI=1S/C26H28N2O4/c1-18(2)32-23(29)22-14-19(3)26(15-22)24(30)27(16-20-10-6-4-7-11-20)25(31)28(26)17-21-12-8-5-9-13-21/h4-14,18-19H,15-17H2,1-3H3/t19-,26+/m0/s1. The van der Waals surface area contributed by atoms with Gasteiger partial charge in [0.15, 0.2) is 0 Å². The molecule has 2 aliphatic rings. The average molecular weight is 433 g/mol. The van der Waals surface area contributed by atoms with Crippen LogP contribution >= 0.6 is 0 Å². The Hall–Kier alpha value is -3.41. The molecular weight excluding hydrogens is 404 g/mol. The van der Waals surface area contributed by atoms with E-state index in [0.29, 0.717) is 12.1 Å². The predicted molar refractivity (Wildman–Crippen MR) is 120 cm³/mol. The summed E-state index contributed by atoms with van der Waals surface area (Å²) < 4.78 is 5.39. The minimum Gasteiger partial charge on any atom is -0.460 e. The number of benzene rings is 2. The predicted octanol–water partition coefficient (Wildman–Crippen LogP) is 4.31. The third kappa shape index (κ3) is 3.81. The van der Waals surface area contributed by atoms with Gasteiger partial charge in [0.2, 0.25) is 0 Å². The van der Waals surface area contributed by atoms with Crippen molar-refractivity contribution in [2.24, 2.45) is 5.92 Å². The third-order valence-corrected chi connectivity index (χ3v) is 6.20. The number of rotatable bonds is 6. The van der Waals surface area contributed by atoms with Crippen molar-refractivity contribution in [2.45, 2.75) is 51.9 Å². The van der Waals surface area contributed by atoms with Crippen LogP contribution in [0.5, 0.6) is 0 Å². The molecule has 2 atom stereocenters. The highest BCUT2D eigenvalue weighted by molar-refractivity contribution is 6.09. The third-order valence-electron chi connectivity index (χ3n) is 6.20. The van der Waals surface area contributed by atoms with E-state index in [-0.39, 0.29) is 36.9 Å². The molecule has 1 aliphatic heterocycles. The van der Waals surface area contributed by atoms with Gasteiger partial charge < -0.3 is 9.64 Å². The maximum absolute atomic E-state index is 13.8. The summed E-state index contributed by atoms with van der Waals surface area (Å²) in [5.74, 6) is -1.01. The fourth-order valence-corrected chi connectivity index (χ4v) is 4.62. The van der Waals surface area contributed by atoms with Crippen molar-refractivity contribution in [3.63, 3.8) is 0 Å². The number of urea groups is 1. The Morgan fingerprint density at radius 2 is 1.56 bits per heavy atom. The first-order valence-corrected chi connectivity index (χ1v) is 11.0. The van der Waals surface area contributed by atoms with Crippen molar-refractivity contribution in [3.8, 4) is 0 Å². The van der Waals surface area contributed by atoms with E-state index >= 15 is 0 Å². The van der Waals surface area contributed by atoms with Gasteiger partial charge in [0.25, 0.3) is 5.91 Å². The summed E-state index contributed by atoms with van der Waals surface area (Å²) in [5.41, 5.74) is 1.13. The number of imide groups is 1. The second kappa shape index (κ2) is 8.61. The van der Waals surface area contributed by atoms with Crippen LogP contribution in [0.1, 0.15) is 38.3 Å². The van der Waals surface area contributed by atoms with Crippen molar-refractivity contribution < 1.29 is 19.1 Å². The van der Waals surface area contributed by atoms with Gasteiger partial charge in [0.1, 0.15) is 5.54 Å². The Balaban J connectivity index is 1.69. The Kier molecular flexibility index (Phi) is 5.87. The van der Waals surface area contributed by atoms with Crippen molar-refractivity contribution >= 4 is 17.9 Å². The fraction of sp³-hybridized carbons (Fsp3) is 0.346. The molecule has 1 aliphatic carbocycles. The number of hydrogen-bond acceptors (Lipinski definition) is 4. The van der Waals surface area contributed by atoms with E-state index in [1.807, 2.05) is 67.6 Å². The Morgan fingerprint density at radius 1 is 1.00 bits per heavy atom. The second-order valence-electron chi connectivity index (χ2n) is 8.77. The largest absolute Gasteiger partial charge is 0.460 e. The number of esters is 1. The molecule has 3 amide bonds. The monoisotopic (exact) mass is 432 g/mol. The first-order valence-electron chi connectivity index (χ1n) is 11.0. The molecule has 2 aromatic rings. The van der Waals surface area contributed by atoms with Gasteiger partial charge in [-0.1, -0.05) is 73.7 Å². The van der Waals surface area contributed by atoms with Crippen LogP contribution in [0.25, 0.3) is 0 Å². The van der Waals surface area contributed by atoms with Gasteiger partial charge in [-0.2, -0.15) is 0 Å². The van der Waals surface area contributed by atoms with Gasteiger partial charge in [0.05, 0.1) is 12.6 Å². The maximum Gasteiger partial charge on any atom is 0.334 e.